The molecule has 1 aromatic heterocycles. The van der Waals surface area contributed by atoms with Crippen molar-refractivity contribution in [2.24, 2.45) is 0 Å². The highest BCUT2D eigenvalue weighted by molar-refractivity contribution is 7.98. The largest absolute Gasteiger partial charge is 0.488 e. The third kappa shape index (κ3) is 2.29. The van der Waals surface area contributed by atoms with Crippen LogP contribution in [-0.2, 0) is 0 Å². The summed E-state index contributed by atoms with van der Waals surface area (Å²) in [6, 6.07) is 1.84. The predicted octanol–water partition coefficient (Wildman–Crippen LogP) is 3.00. The summed E-state index contributed by atoms with van der Waals surface area (Å²) in [6.07, 6.45) is 6.44. The first-order valence-electron chi connectivity index (χ1n) is 4.16. The van der Waals surface area contributed by atoms with Gasteiger partial charge in [0, 0.05) is 0 Å². The molecule has 0 N–H and O–H groups in total. The molecule has 0 saturated heterocycles. The van der Waals surface area contributed by atoms with Crippen molar-refractivity contribution in [2.75, 3.05) is 6.26 Å². The van der Waals surface area contributed by atoms with E-state index < -0.39 is 0 Å². The maximum Gasteiger partial charge on any atom is 0.151 e. The number of rotatable bonds is 3. The fourth-order valence-electron chi connectivity index (χ4n) is 1.01. The third-order valence-electron chi connectivity index (χ3n) is 1.84. The van der Waals surface area contributed by atoms with Crippen molar-refractivity contribution >= 4 is 23.4 Å². The van der Waals surface area contributed by atoms with Crippen molar-refractivity contribution in [3.63, 3.8) is 0 Å². The van der Waals surface area contributed by atoms with E-state index >= 15 is 0 Å². The van der Waals surface area contributed by atoms with Crippen molar-refractivity contribution in [2.45, 2.75) is 23.8 Å². The zero-order valence-corrected chi connectivity index (χ0v) is 8.86. The number of thioether (sulfide) groups is 1. The van der Waals surface area contributed by atoms with Gasteiger partial charge in [-0.2, -0.15) is 0 Å². The molecule has 0 aromatic carbocycles. The highest BCUT2D eigenvalue weighted by Crippen LogP contribution is 2.33. The molecule has 0 bridgehead atoms. The molecule has 2 nitrogen and oxygen atoms in total. The monoisotopic (exact) mass is 215 g/mol. The van der Waals surface area contributed by atoms with Crippen LogP contribution in [0.15, 0.2) is 17.2 Å². The summed E-state index contributed by atoms with van der Waals surface area (Å²) in [5.41, 5.74) is 0. The molecule has 70 valence electrons. The average Bonchev–Trinajstić information content (AvgIpc) is 2.92. The first-order valence-corrected chi connectivity index (χ1v) is 5.76. The highest BCUT2D eigenvalue weighted by Gasteiger charge is 2.24. The van der Waals surface area contributed by atoms with Gasteiger partial charge < -0.3 is 4.74 Å². The van der Waals surface area contributed by atoms with E-state index in [1.54, 1.807) is 18.0 Å². The van der Waals surface area contributed by atoms with Gasteiger partial charge in [-0.05, 0) is 25.2 Å². The molecule has 0 spiro atoms. The quantitative estimate of drug-likeness (QED) is 0.572. The summed E-state index contributed by atoms with van der Waals surface area (Å²) in [4.78, 5) is 5.06. The zero-order valence-electron chi connectivity index (χ0n) is 7.29. The number of nitrogens with zero attached hydrogens (tertiary/aromatic N) is 1. The minimum absolute atomic E-state index is 0.411. The molecule has 1 fully saturated rings. The summed E-state index contributed by atoms with van der Waals surface area (Å²) in [5.74, 6) is 0.861. The molecule has 0 amide bonds. The van der Waals surface area contributed by atoms with Crippen molar-refractivity contribution in [1.29, 1.82) is 0 Å². The van der Waals surface area contributed by atoms with E-state index in [4.69, 9.17) is 16.3 Å². The Morgan fingerprint density at radius 3 is 3.00 bits per heavy atom. The van der Waals surface area contributed by atoms with E-state index in [0.29, 0.717) is 11.3 Å². The molecular weight excluding hydrogens is 206 g/mol. The Labute approximate surface area is 86.6 Å². The molecule has 2 rings (SSSR count). The Morgan fingerprint density at radius 1 is 1.62 bits per heavy atom. The number of halogens is 1. The van der Waals surface area contributed by atoms with Gasteiger partial charge in [-0.3, -0.25) is 0 Å². The van der Waals surface area contributed by atoms with Crippen LogP contribution in [-0.4, -0.2) is 17.3 Å². The van der Waals surface area contributed by atoms with E-state index in [1.165, 1.54) is 0 Å². The average molecular weight is 216 g/mol. The minimum atomic E-state index is 0.411. The van der Waals surface area contributed by atoms with Crippen LogP contribution >= 0.6 is 23.4 Å². The van der Waals surface area contributed by atoms with Crippen LogP contribution in [0.2, 0.25) is 5.15 Å². The summed E-state index contributed by atoms with van der Waals surface area (Å²) in [5, 5.41) is 0.521. The van der Waals surface area contributed by atoms with Crippen LogP contribution in [0.4, 0.5) is 0 Å². The Bertz CT molecular complexity index is 314. The van der Waals surface area contributed by atoms with Gasteiger partial charge in [0.05, 0.1) is 17.2 Å². The molecule has 1 saturated carbocycles. The van der Waals surface area contributed by atoms with Gasteiger partial charge in [0.15, 0.2) is 5.75 Å². The maximum absolute atomic E-state index is 5.77. The first-order chi connectivity index (χ1) is 6.29. The van der Waals surface area contributed by atoms with E-state index in [2.05, 4.69) is 4.98 Å². The lowest BCUT2D eigenvalue weighted by Gasteiger charge is -2.07. The number of hydrogen-bond donors (Lipinski definition) is 0. The molecule has 13 heavy (non-hydrogen) atoms. The van der Waals surface area contributed by atoms with Gasteiger partial charge >= 0.3 is 0 Å². The van der Waals surface area contributed by atoms with Crippen molar-refractivity contribution in [1.82, 2.24) is 4.98 Å². The Morgan fingerprint density at radius 2 is 2.38 bits per heavy atom. The second-order valence-electron chi connectivity index (χ2n) is 2.98. The number of ether oxygens (including phenoxy) is 1. The number of aromatic nitrogens is 1. The van der Waals surface area contributed by atoms with Gasteiger partial charge in [-0.15, -0.1) is 11.8 Å². The van der Waals surface area contributed by atoms with Crippen molar-refractivity contribution in [3.05, 3.63) is 17.4 Å². The highest BCUT2D eigenvalue weighted by atomic mass is 35.5. The predicted molar refractivity (Wildman–Crippen MR) is 54.7 cm³/mol. The SMILES string of the molecule is CSc1cc(Cl)ncc1OC1CC1. The molecular formula is C9H10ClNOS. The van der Waals surface area contributed by atoms with Gasteiger partial charge in [0.25, 0.3) is 0 Å². The normalized spacial score (nSPS) is 15.8. The number of pyridine rings is 1. The van der Waals surface area contributed by atoms with Gasteiger partial charge in [0.2, 0.25) is 0 Å². The summed E-state index contributed by atoms with van der Waals surface area (Å²) in [7, 11) is 0. The number of hydrogen-bond acceptors (Lipinski definition) is 3. The second kappa shape index (κ2) is 3.76. The van der Waals surface area contributed by atoms with Crippen molar-refractivity contribution < 1.29 is 4.74 Å². The van der Waals surface area contributed by atoms with Crippen molar-refractivity contribution in [3.8, 4) is 5.75 Å². The van der Waals surface area contributed by atoms with Crippen LogP contribution in [0.25, 0.3) is 0 Å². The Hall–Kier alpha value is -0.410. The summed E-state index contributed by atoms with van der Waals surface area (Å²) >= 11 is 7.40. The van der Waals surface area contributed by atoms with Gasteiger partial charge in [-0.1, -0.05) is 11.6 Å². The van der Waals surface area contributed by atoms with Gasteiger partial charge in [-0.25, -0.2) is 4.98 Å². The molecule has 1 aromatic rings. The second-order valence-corrected chi connectivity index (χ2v) is 4.21. The maximum atomic E-state index is 5.77. The fourth-order valence-corrected chi connectivity index (χ4v) is 1.77. The minimum Gasteiger partial charge on any atom is -0.488 e. The van der Waals surface area contributed by atoms with Crippen LogP contribution < -0.4 is 4.74 Å². The van der Waals surface area contributed by atoms with E-state index in [-0.39, 0.29) is 0 Å². The lowest BCUT2D eigenvalue weighted by molar-refractivity contribution is 0.294. The smallest absolute Gasteiger partial charge is 0.151 e. The first kappa shape index (κ1) is 9.16. The molecule has 1 heterocycles. The lowest BCUT2D eigenvalue weighted by atomic mass is 10.4. The van der Waals surface area contributed by atoms with Crippen LogP contribution in [0.5, 0.6) is 5.75 Å². The summed E-state index contributed by atoms with van der Waals surface area (Å²) < 4.78 is 5.66. The molecule has 0 radical (unpaired) electrons. The fraction of sp³-hybridized carbons (Fsp3) is 0.444. The molecule has 1 aliphatic rings. The Kier molecular flexibility index (Phi) is 2.65. The van der Waals surface area contributed by atoms with Crippen LogP contribution in [0, 0.1) is 0 Å². The van der Waals surface area contributed by atoms with Gasteiger partial charge in [0.1, 0.15) is 5.15 Å². The van der Waals surface area contributed by atoms with Crippen LogP contribution in [0.1, 0.15) is 12.8 Å². The van der Waals surface area contributed by atoms with E-state index in [0.717, 1.165) is 23.5 Å². The van der Waals surface area contributed by atoms with E-state index in [9.17, 15) is 0 Å². The zero-order chi connectivity index (χ0) is 9.26. The Balaban J connectivity index is 2.21. The molecule has 4 heteroatoms. The molecule has 0 unspecified atom stereocenters. The lowest BCUT2D eigenvalue weighted by Crippen LogP contribution is -1.97. The van der Waals surface area contributed by atoms with Crippen LogP contribution in [0.3, 0.4) is 0 Å². The van der Waals surface area contributed by atoms with E-state index in [1.807, 2.05) is 12.3 Å². The molecule has 0 atom stereocenters. The molecule has 1 aliphatic carbocycles. The topological polar surface area (TPSA) is 22.1 Å². The summed E-state index contributed by atoms with van der Waals surface area (Å²) in [6.45, 7) is 0. The molecule has 0 aliphatic heterocycles. The third-order valence-corrected chi connectivity index (χ3v) is 2.80. The standard InChI is InChI=1S/C9H10ClNOS/c1-13-8-4-9(10)11-5-7(8)12-6-2-3-6/h4-6H,2-3H2,1H3.